The number of aliphatic carboxylic acids is 1. The quantitative estimate of drug-likeness (QED) is 0.0371. The molecular formula is C38H66N10O13. The number of nitrogens with two attached hydrogens (primary N) is 3. The minimum atomic E-state index is -1.68. The second kappa shape index (κ2) is 26.7. The molecule has 8 atom stereocenters. The fraction of sp³-hybridized carbons (Fsp3) is 0.737. The molecule has 23 nitrogen and oxygen atoms in total. The van der Waals surface area contributed by atoms with E-state index in [1.54, 1.807) is 27.7 Å². The predicted molar refractivity (Wildman–Crippen MR) is 217 cm³/mol. The summed E-state index contributed by atoms with van der Waals surface area (Å²) in [5.41, 5.74) is 16.5. The normalized spacial score (nSPS) is 16.9. The molecule has 0 aliphatic heterocycles. The van der Waals surface area contributed by atoms with Crippen LogP contribution < -0.4 is 54.4 Å². The van der Waals surface area contributed by atoms with Crippen LogP contribution in [0.4, 0.5) is 0 Å². The minimum Gasteiger partial charge on any atom is -0.481 e. The summed E-state index contributed by atoms with van der Waals surface area (Å²) in [6.07, 6.45) is 2.40. The SMILES string of the molecule is CC(C)[C@H](NC(=O)CNC(=O)[C@@H](NC(=O)[C@@H](NC(=O)[C@H](CCC(=O)O)NC(=O)[C@@H](N)CC1CCCCC1)[C@@H](C)O)C(C)C)C(=O)N[C@@H](CO)C(=O)N[C@@H](CCC(N)=O)C(N)=O. The molecule has 0 heterocycles. The molecule has 9 amide bonds. The highest BCUT2D eigenvalue weighted by atomic mass is 16.4. The van der Waals surface area contributed by atoms with E-state index >= 15 is 0 Å². The lowest BCUT2D eigenvalue weighted by atomic mass is 9.85. The number of primary amides is 2. The fourth-order valence-electron chi connectivity index (χ4n) is 6.48. The first-order chi connectivity index (χ1) is 28.5. The molecule has 0 aromatic rings. The molecule has 16 N–H and O–H groups in total. The highest BCUT2D eigenvalue weighted by Gasteiger charge is 2.35. The van der Waals surface area contributed by atoms with Crippen molar-refractivity contribution in [1.29, 1.82) is 0 Å². The van der Waals surface area contributed by atoms with Crippen LogP contribution in [0.1, 0.15) is 98.8 Å². The van der Waals surface area contributed by atoms with E-state index in [2.05, 4.69) is 37.2 Å². The van der Waals surface area contributed by atoms with E-state index in [-0.39, 0.29) is 25.2 Å². The summed E-state index contributed by atoms with van der Waals surface area (Å²) < 4.78 is 0. The zero-order chi connectivity index (χ0) is 46.6. The fourth-order valence-corrected chi connectivity index (χ4v) is 6.48. The molecule has 0 aromatic heterocycles. The van der Waals surface area contributed by atoms with E-state index in [1.165, 1.54) is 6.92 Å². The van der Waals surface area contributed by atoms with Crippen LogP contribution in [0, 0.1) is 17.8 Å². The summed E-state index contributed by atoms with van der Waals surface area (Å²) in [7, 11) is 0. The van der Waals surface area contributed by atoms with Crippen LogP contribution in [0.15, 0.2) is 0 Å². The lowest BCUT2D eigenvalue weighted by Crippen LogP contribution is -2.61. The highest BCUT2D eigenvalue weighted by molar-refractivity contribution is 5.97. The van der Waals surface area contributed by atoms with Gasteiger partial charge in [-0.25, -0.2) is 0 Å². The molecule has 61 heavy (non-hydrogen) atoms. The van der Waals surface area contributed by atoms with Crippen molar-refractivity contribution in [2.24, 2.45) is 35.0 Å². The van der Waals surface area contributed by atoms with Crippen molar-refractivity contribution in [1.82, 2.24) is 37.2 Å². The molecule has 1 saturated carbocycles. The molecule has 0 bridgehead atoms. The molecule has 0 unspecified atom stereocenters. The van der Waals surface area contributed by atoms with Gasteiger partial charge in [0, 0.05) is 12.8 Å². The van der Waals surface area contributed by atoms with Crippen molar-refractivity contribution in [3.05, 3.63) is 0 Å². The lowest BCUT2D eigenvalue weighted by Gasteiger charge is -2.29. The van der Waals surface area contributed by atoms with E-state index in [4.69, 9.17) is 17.2 Å². The number of carboxylic acids is 1. The number of rotatable bonds is 27. The Hall–Kier alpha value is -5.42. The molecule has 0 spiro atoms. The van der Waals surface area contributed by atoms with E-state index in [0.29, 0.717) is 6.42 Å². The first-order valence-electron chi connectivity index (χ1n) is 20.4. The van der Waals surface area contributed by atoms with Crippen molar-refractivity contribution in [2.75, 3.05) is 13.2 Å². The first kappa shape index (κ1) is 53.6. The van der Waals surface area contributed by atoms with Crippen LogP contribution in [-0.2, 0) is 47.9 Å². The van der Waals surface area contributed by atoms with Crippen molar-refractivity contribution in [2.45, 2.75) is 147 Å². The van der Waals surface area contributed by atoms with Crippen LogP contribution in [0.3, 0.4) is 0 Å². The summed E-state index contributed by atoms with van der Waals surface area (Å²) in [5, 5.41) is 46.0. The molecular weight excluding hydrogens is 804 g/mol. The summed E-state index contributed by atoms with van der Waals surface area (Å²) in [6, 6.07) is -9.67. The van der Waals surface area contributed by atoms with Gasteiger partial charge in [-0.3, -0.25) is 47.9 Å². The van der Waals surface area contributed by atoms with E-state index in [9.17, 15) is 63.3 Å². The van der Waals surface area contributed by atoms with E-state index < -0.39 is 139 Å². The van der Waals surface area contributed by atoms with Crippen LogP contribution in [0.25, 0.3) is 0 Å². The molecule has 0 aromatic carbocycles. The van der Waals surface area contributed by atoms with Gasteiger partial charge in [0.15, 0.2) is 0 Å². The Morgan fingerprint density at radius 2 is 1.10 bits per heavy atom. The summed E-state index contributed by atoms with van der Waals surface area (Å²) in [6.45, 7) is 5.79. The molecule has 1 fully saturated rings. The van der Waals surface area contributed by atoms with Gasteiger partial charge in [-0.1, -0.05) is 59.8 Å². The topological polar surface area (TPSA) is 394 Å². The third-order valence-electron chi connectivity index (χ3n) is 10.1. The van der Waals surface area contributed by atoms with Gasteiger partial charge in [-0.15, -0.1) is 0 Å². The van der Waals surface area contributed by atoms with Crippen molar-refractivity contribution >= 4 is 59.1 Å². The van der Waals surface area contributed by atoms with Crippen LogP contribution >= 0.6 is 0 Å². The minimum absolute atomic E-state index is 0.231. The molecule has 1 aliphatic rings. The smallest absolute Gasteiger partial charge is 0.303 e. The molecule has 1 aliphatic carbocycles. The monoisotopic (exact) mass is 870 g/mol. The van der Waals surface area contributed by atoms with Gasteiger partial charge in [0.1, 0.15) is 36.3 Å². The average Bonchev–Trinajstić information content (AvgIpc) is 3.18. The maximum Gasteiger partial charge on any atom is 0.303 e. The van der Waals surface area contributed by atoms with E-state index in [1.807, 2.05) is 0 Å². The number of nitrogens with one attached hydrogen (secondary N) is 7. The second-order valence-electron chi connectivity index (χ2n) is 16.0. The predicted octanol–water partition coefficient (Wildman–Crippen LogP) is -4.39. The highest BCUT2D eigenvalue weighted by Crippen LogP contribution is 2.27. The molecule has 0 radical (unpaired) electrons. The average molecular weight is 871 g/mol. The Balaban J connectivity index is 2.97. The summed E-state index contributed by atoms with van der Waals surface area (Å²) in [4.78, 5) is 126. The largest absolute Gasteiger partial charge is 0.481 e. The number of carbonyl (C=O) groups is 10. The second-order valence-corrected chi connectivity index (χ2v) is 16.0. The zero-order valence-electron chi connectivity index (χ0n) is 35.5. The first-order valence-corrected chi connectivity index (χ1v) is 20.4. The Kier molecular flexibility index (Phi) is 23.5. The third-order valence-corrected chi connectivity index (χ3v) is 10.1. The van der Waals surface area contributed by atoms with Crippen LogP contribution in [-0.4, -0.2) is 136 Å². The van der Waals surface area contributed by atoms with Gasteiger partial charge in [0.25, 0.3) is 0 Å². The van der Waals surface area contributed by atoms with Crippen molar-refractivity contribution in [3.8, 4) is 0 Å². The van der Waals surface area contributed by atoms with Gasteiger partial charge in [-0.2, -0.15) is 0 Å². The number of aliphatic hydroxyl groups excluding tert-OH is 2. The molecule has 346 valence electrons. The lowest BCUT2D eigenvalue weighted by molar-refractivity contribution is -0.139. The molecule has 23 heteroatoms. The van der Waals surface area contributed by atoms with Crippen LogP contribution in [0.2, 0.25) is 0 Å². The third kappa shape index (κ3) is 19.7. The van der Waals surface area contributed by atoms with E-state index in [0.717, 1.165) is 32.1 Å². The van der Waals surface area contributed by atoms with Gasteiger partial charge < -0.3 is 69.7 Å². The van der Waals surface area contributed by atoms with Gasteiger partial charge >= 0.3 is 5.97 Å². The van der Waals surface area contributed by atoms with Gasteiger partial charge in [0.2, 0.25) is 53.2 Å². The van der Waals surface area contributed by atoms with Gasteiger partial charge in [0.05, 0.1) is 25.3 Å². The Bertz CT molecular complexity index is 1550. The standard InChI is InChI=1S/C38H66N10O13/c1-18(2)29(36(59)42-16-27(52)46-30(19(3)4)37(60)45-25(17-49)35(58)43-23(32(41)55)11-13-26(40)51)47-38(61)31(20(5)50)48-34(57)24(12-14-28(53)54)44-33(56)22(39)15-21-9-7-6-8-10-21/h18-25,29-31,49-50H,6-17,39H2,1-5H3,(H2,40,51)(H2,41,55)(H,42,59)(H,43,58)(H,44,56)(H,45,60)(H,46,52)(H,47,61)(H,48,57)(H,53,54)/t20-,22+,23+,24+,25+,29+,30+,31+/m1/s1. The molecule has 0 saturated heterocycles. The number of carbonyl (C=O) groups excluding carboxylic acids is 9. The summed E-state index contributed by atoms with van der Waals surface area (Å²) in [5.74, 6) is -10.3. The number of aliphatic hydroxyl groups is 2. The van der Waals surface area contributed by atoms with Gasteiger partial charge in [-0.05, 0) is 43.9 Å². The maximum atomic E-state index is 13.4. The number of hydrogen-bond acceptors (Lipinski definition) is 13. The molecule has 1 rings (SSSR count). The van der Waals surface area contributed by atoms with Crippen LogP contribution in [0.5, 0.6) is 0 Å². The number of hydrogen-bond donors (Lipinski definition) is 13. The Morgan fingerprint density at radius 3 is 1.61 bits per heavy atom. The zero-order valence-corrected chi connectivity index (χ0v) is 35.5. The number of carboxylic acid groups (broad SMARTS) is 1. The Labute approximate surface area is 354 Å². The van der Waals surface area contributed by atoms with Crippen molar-refractivity contribution < 1.29 is 63.3 Å². The maximum absolute atomic E-state index is 13.4. The van der Waals surface area contributed by atoms with Crippen molar-refractivity contribution in [3.63, 3.8) is 0 Å². The number of amides is 9. The summed E-state index contributed by atoms with van der Waals surface area (Å²) >= 11 is 0. The Morgan fingerprint density at radius 1 is 0.607 bits per heavy atom.